The molecule has 0 aliphatic heterocycles. The second kappa shape index (κ2) is 39.1. The second-order valence-corrected chi connectivity index (χ2v) is 14.5. The Bertz CT molecular complexity index is 673. The Morgan fingerprint density at radius 2 is 0.787 bits per heavy atom. The molecule has 1 atom stereocenters. The van der Waals surface area contributed by atoms with Gasteiger partial charge in [-0.3, -0.25) is 9.59 Å². The van der Waals surface area contributed by atoms with Crippen LogP contribution in [0.4, 0.5) is 0 Å². The summed E-state index contributed by atoms with van der Waals surface area (Å²) < 4.78 is 5.99. The average molecular weight is 663 g/mol. The van der Waals surface area contributed by atoms with Crippen LogP contribution in [0.25, 0.3) is 0 Å². The van der Waals surface area contributed by atoms with Crippen LogP contribution in [0, 0.1) is 0 Å². The van der Waals surface area contributed by atoms with Crippen LogP contribution in [-0.2, 0) is 14.3 Å². The van der Waals surface area contributed by atoms with Crippen molar-refractivity contribution in [1.82, 2.24) is 0 Å². The maximum Gasteiger partial charge on any atom is 0.306 e. The molecule has 0 aromatic carbocycles. The van der Waals surface area contributed by atoms with Crippen molar-refractivity contribution in [3.05, 3.63) is 12.2 Å². The first-order valence-electron chi connectivity index (χ1n) is 21.2. The van der Waals surface area contributed by atoms with Crippen molar-refractivity contribution in [2.24, 2.45) is 0 Å². The van der Waals surface area contributed by atoms with Gasteiger partial charge in [0.15, 0.2) is 0 Å². The van der Waals surface area contributed by atoms with Gasteiger partial charge in [0.2, 0.25) is 0 Å². The van der Waals surface area contributed by atoms with Crippen LogP contribution in [0.2, 0.25) is 0 Å². The van der Waals surface area contributed by atoms with Crippen molar-refractivity contribution in [3.63, 3.8) is 0 Å². The summed E-state index contributed by atoms with van der Waals surface area (Å²) in [5.74, 6) is -0.709. The molecule has 4 heteroatoms. The number of aliphatic carboxylic acids is 1. The van der Waals surface area contributed by atoms with Gasteiger partial charge in [0, 0.05) is 12.8 Å². The van der Waals surface area contributed by atoms with E-state index in [1.165, 1.54) is 148 Å². The third-order valence-corrected chi connectivity index (χ3v) is 9.74. The zero-order valence-electron chi connectivity index (χ0n) is 31.9. The highest BCUT2D eigenvalue weighted by molar-refractivity contribution is 5.69. The molecular weight excluding hydrogens is 580 g/mol. The summed E-state index contributed by atoms with van der Waals surface area (Å²) in [6, 6.07) is 0. The Labute approximate surface area is 294 Å². The number of ether oxygens (including phenoxy) is 1. The van der Waals surface area contributed by atoms with Gasteiger partial charge < -0.3 is 9.84 Å². The van der Waals surface area contributed by atoms with Gasteiger partial charge in [-0.05, 0) is 57.8 Å². The molecule has 0 rings (SSSR count). The SMILES string of the molecule is CCCCCCCC/C=C\CCCC(CCCCCCCC(=O)O)OC(=O)CCCCCCCCCCCCCCCCCCCC. The minimum atomic E-state index is -0.701. The predicted octanol–water partition coefficient (Wildman–Crippen LogP) is 14.6. The van der Waals surface area contributed by atoms with Crippen LogP contribution in [-0.4, -0.2) is 23.1 Å². The highest BCUT2D eigenvalue weighted by atomic mass is 16.5. The van der Waals surface area contributed by atoms with Crippen LogP contribution in [0.15, 0.2) is 12.2 Å². The molecule has 0 amide bonds. The predicted molar refractivity (Wildman–Crippen MR) is 204 cm³/mol. The largest absolute Gasteiger partial charge is 0.481 e. The number of carboxylic acids is 1. The van der Waals surface area contributed by atoms with Crippen LogP contribution in [0.3, 0.4) is 0 Å². The fourth-order valence-electron chi connectivity index (χ4n) is 6.60. The summed E-state index contributed by atoms with van der Waals surface area (Å²) in [6.07, 6.45) is 48.1. The van der Waals surface area contributed by atoms with Gasteiger partial charge in [-0.15, -0.1) is 0 Å². The van der Waals surface area contributed by atoms with E-state index < -0.39 is 5.97 Å². The quantitative estimate of drug-likeness (QED) is 0.0404. The van der Waals surface area contributed by atoms with Gasteiger partial charge in [-0.1, -0.05) is 187 Å². The highest BCUT2D eigenvalue weighted by Crippen LogP contribution is 2.18. The number of unbranched alkanes of at least 4 members (excludes halogenated alkanes) is 28. The topological polar surface area (TPSA) is 63.6 Å². The molecular formula is C43H82O4. The van der Waals surface area contributed by atoms with Gasteiger partial charge in [0.25, 0.3) is 0 Å². The van der Waals surface area contributed by atoms with E-state index in [1.54, 1.807) is 0 Å². The van der Waals surface area contributed by atoms with Gasteiger partial charge in [-0.25, -0.2) is 0 Å². The fourth-order valence-corrected chi connectivity index (χ4v) is 6.60. The van der Waals surface area contributed by atoms with Crippen LogP contribution in [0.1, 0.15) is 245 Å². The zero-order chi connectivity index (χ0) is 34.3. The smallest absolute Gasteiger partial charge is 0.306 e. The Kier molecular flexibility index (Phi) is 38.0. The number of esters is 1. The molecule has 47 heavy (non-hydrogen) atoms. The maximum atomic E-state index is 12.7. The van der Waals surface area contributed by atoms with Gasteiger partial charge in [-0.2, -0.15) is 0 Å². The Hall–Kier alpha value is -1.32. The fraction of sp³-hybridized carbons (Fsp3) is 0.907. The lowest BCUT2D eigenvalue weighted by Crippen LogP contribution is -2.18. The molecule has 0 spiro atoms. The van der Waals surface area contributed by atoms with Crippen LogP contribution >= 0.6 is 0 Å². The van der Waals surface area contributed by atoms with E-state index in [4.69, 9.17) is 9.84 Å². The number of allylic oxidation sites excluding steroid dienone is 2. The molecule has 0 radical (unpaired) electrons. The number of hydrogen-bond donors (Lipinski definition) is 1. The number of carbonyl (C=O) groups is 2. The van der Waals surface area contributed by atoms with Crippen molar-refractivity contribution in [1.29, 1.82) is 0 Å². The number of carboxylic acid groups (broad SMARTS) is 1. The molecule has 1 N–H and O–H groups in total. The summed E-state index contributed by atoms with van der Waals surface area (Å²) >= 11 is 0. The molecule has 0 aromatic rings. The first kappa shape index (κ1) is 45.7. The van der Waals surface area contributed by atoms with E-state index in [-0.39, 0.29) is 18.5 Å². The highest BCUT2D eigenvalue weighted by Gasteiger charge is 2.14. The number of carbonyl (C=O) groups excluding carboxylic acids is 1. The lowest BCUT2D eigenvalue weighted by atomic mass is 10.0. The minimum Gasteiger partial charge on any atom is -0.481 e. The average Bonchev–Trinajstić information content (AvgIpc) is 3.05. The third kappa shape index (κ3) is 39.0. The van der Waals surface area contributed by atoms with Crippen molar-refractivity contribution in [2.45, 2.75) is 251 Å². The molecule has 0 aromatic heterocycles. The Morgan fingerprint density at radius 1 is 0.447 bits per heavy atom. The Balaban J connectivity index is 3.94. The molecule has 0 fully saturated rings. The number of hydrogen-bond acceptors (Lipinski definition) is 3. The number of rotatable bonds is 39. The molecule has 4 nitrogen and oxygen atoms in total. The van der Waals surface area contributed by atoms with Crippen LogP contribution in [0.5, 0.6) is 0 Å². The van der Waals surface area contributed by atoms with E-state index in [2.05, 4.69) is 26.0 Å². The van der Waals surface area contributed by atoms with E-state index in [0.29, 0.717) is 6.42 Å². The van der Waals surface area contributed by atoms with E-state index in [9.17, 15) is 9.59 Å². The first-order valence-corrected chi connectivity index (χ1v) is 21.2. The molecule has 0 saturated carbocycles. The lowest BCUT2D eigenvalue weighted by Gasteiger charge is -2.18. The van der Waals surface area contributed by atoms with Crippen molar-refractivity contribution < 1.29 is 19.4 Å². The van der Waals surface area contributed by atoms with Gasteiger partial charge in [0.05, 0.1) is 0 Å². The maximum absolute atomic E-state index is 12.7. The molecule has 278 valence electrons. The summed E-state index contributed by atoms with van der Waals surface area (Å²) in [5, 5.41) is 8.82. The van der Waals surface area contributed by atoms with E-state index in [0.717, 1.165) is 70.6 Å². The summed E-state index contributed by atoms with van der Waals surface area (Å²) in [5.41, 5.74) is 0. The third-order valence-electron chi connectivity index (χ3n) is 9.74. The zero-order valence-corrected chi connectivity index (χ0v) is 31.9. The molecule has 0 aliphatic carbocycles. The molecule has 0 saturated heterocycles. The Morgan fingerprint density at radius 3 is 1.23 bits per heavy atom. The van der Waals surface area contributed by atoms with Crippen LogP contribution < -0.4 is 0 Å². The lowest BCUT2D eigenvalue weighted by molar-refractivity contribution is -0.150. The summed E-state index contributed by atoms with van der Waals surface area (Å²) in [7, 11) is 0. The standard InChI is InChI=1S/C43H82O4/c1-3-5-7-9-11-13-15-16-17-18-19-20-21-23-25-27-32-36-40-43(46)47-41(38-34-30-28-31-35-39-42(44)45)37-33-29-26-24-22-14-12-10-8-6-4-2/h24,26,41H,3-23,25,27-40H2,1-2H3,(H,44,45)/b26-24-. The van der Waals surface area contributed by atoms with E-state index >= 15 is 0 Å². The van der Waals surface area contributed by atoms with Crippen molar-refractivity contribution >= 4 is 11.9 Å². The van der Waals surface area contributed by atoms with Gasteiger partial charge >= 0.3 is 11.9 Å². The monoisotopic (exact) mass is 663 g/mol. The normalized spacial score (nSPS) is 12.2. The molecule has 0 bridgehead atoms. The molecule has 0 heterocycles. The van der Waals surface area contributed by atoms with E-state index in [1.807, 2.05) is 0 Å². The summed E-state index contributed by atoms with van der Waals surface area (Å²) in [6.45, 7) is 4.56. The second-order valence-electron chi connectivity index (χ2n) is 14.5. The first-order chi connectivity index (χ1) is 23.1. The van der Waals surface area contributed by atoms with Gasteiger partial charge in [0.1, 0.15) is 6.10 Å². The summed E-state index contributed by atoms with van der Waals surface area (Å²) in [4.78, 5) is 23.4. The van der Waals surface area contributed by atoms with Crippen molar-refractivity contribution in [2.75, 3.05) is 0 Å². The molecule has 1 unspecified atom stereocenters. The molecule has 0 aliphatic rings. The van der Waals surface area contributed by atoms with Crippen molar-refractivity contribution in [3.8, 4) is 0 Å². The minimum absolute atomic E-state index is 0.00781.